The number of nitrogens with zero attached hydrogens (tertiary/aromatic N) is 1. The fraction of sp³-hybridized carbons (Fsp3) is 0.562. The number of aliphatic hydroxyl groups excluding tert-OH is 2. The van der Waals surface area contributed by atoms with Crippen LogP contribution < -0.4 is 5.73 Å². The lowest BCUT2D eigenvalue weighted by Gasteiger charge is -2.56. The molecule has 24 heavy (non-hydrogen) atoms. The second-order valence-electron chi connectivity index (χ2n) is 6.63. The molecule has 2 bridgehead atoms. The molecule has 1 aliphatic heterocycles. The molecule has 4 atom stereocenters. The molecule has 2 aliphatic rings. The Balaban J connectivity index is 1.73. The number of rotatable bonds is 4. The maximum Gasteiger partial charge on any atom is 0.253 e. The Morgan fingerprint density at radius 1 is 1.29 bits per heavy atom. The van der Waals surface area contributed by atoms with E-state index in [0.29, 0.717) is 23.7 Å². The van der Waals surface area contributed by atoms with Gasteiger partial charge < -0.3 is 26.0 Å². The van der Waals surface area contributed by atoms with Crippen LogP contribution in [0.4, 0.5) is 0 Å². The van der Waals surface area contributed by atoms with E-state index in [0.717, 1.165) is 6.42 Å². The summed E-state index contributed by atoms with van der Waals surface area (Å²) in [5.74, 6) is 0.0930. The first-order valence-electron chi connectivity index (χ1n) is 7.84. The van der Waals surface area contributed by atoms with E-state index in [2.05, 4.69) is 0 Å². The molecule has 4 unspecified atom stereocenters. The Bertz CT molecular complexity index is 645. The number of nitrogens with two attached hydrogens (primary N) is 1. The van der Waals surface area contributed by atoms with E-state index in [-0.39, 0.29) is 28.5 Å². The standard InChI is InChI=1S/C16H20Cl2N2O4/c17-10-2-9(12(22)3-11(10)18)15(19)14-7-1-8(14)5-20(4-7)16(24)13(23)6-21/h2-3,7-8,13-15,21-23H,1,4-6,19H2. The summed E-state index contributed by atoms with van der Waals surface area (Å²) >= 11 is 11.9. The van der Waals surface area contributed by atoms with E-state index in [1.807, 2.05) is 0 Å². The molecule has 1 saturated heterocycles. The monoisotopic (exact) mass is 374 g/mol. The topological polar surface area (TPSA) is 107 Å². The molecule has 2 fully saturated rings. The van der Waals surface area contributed by atoms with Crippen LogP contribution in [0.15, 0.2) is 12.1 Å². The summed E-state index contributed by atoms with van der Waals surface area (Å²) in [6.45, 7) is 0.407. The predicted molar refractivity (Wildman–Crippen MR) is 89.8 cm³/mol. The van der Waals surface area contributed by atoms with Crippen molar-refractivity contribution in [3.63, 3.8) is 0 Å². The lowest BCUT2D eigenvalue weighted by molar-refractivity contribution is -0.154. The number of amides is 1. The van der Waals surface area contributed by atoms with E-state index < -0.39 is 24.7 Å². The van der Waals surface area contributed by atoms with Gasteiger partial charge in [0.2, 0.25) is 0 Å². The van der Waals surface area contributed by atoms with Gasteiger partial charge in [0.1, 0.15) is 5.75 Å². The van der Waals surface area contributed by atoms with Crippen LogP contribution in [-0.2, 0) is 4.79 Å². The molecule has 1 aliphatic carbocycles. The van der Waals surface area contributed by atoms with Crippen molar-refractivity contribution in [1.82, 2.24) is 4.90 Å². The zero-order chi connectivity index (χ0) is 17.6. The van der Waals surface area contributed by atoms with Crippen LogP contribution in [0, 0.1) is 17.8 Å². The van der Waals surface area contributed by atoms with E-state index in [1.165, 1.54) is 6.07 Å². The van der Waals surface area contributed by atoms with Gasteiger partial charge in [-0.3, -0.25) is 4.79 Å². The number of halogens is 2. The molecule has 5 N–H and O–H groups in total. The lowest BCUT2D eigenvalue weighted by Crippen LogP contribution is -2.60. The van der Waals surface area contributed by atoms with Gasteiger partial charge >= 0.3 is 0 Å². The summed E-state index contributed by atoms with van der Waals surface area (Å²) in [6, 6.07) is 2.58. The van der Waals surface area contributed by atoms with Gasteiger partial charge in [-0.2, -0.15) is 0 Å². The number of aromatic hydroxyl groups is 1. The number of hydrogen-bond acceptors (Lipinski definition) is 5. The highest BCUT2D eigenvalue weighted by Gasteiger charge is 2.51. The van der Waals surface area contributed by atoms with Gasteiger partial charge in [-0.15, -0.1) is 0 Å². The molecule has 3 rings (SSSR count). The highest BCUT2D eigenvalue weighted by Crippen LogP contribution is 2.52. The van der Waals surface area contributed by atoms with Crippen molar-refractivity contribution in [2.75, 3.05) is 19.7 Å². The summed E-state index contributed by atoms with van der Waals surface area (Å²) < 4.78 is 0. The number of fused-ring (bicyclic) bond motifs is 2. The molecule has 132 valence electrons. The number of phenols is 1. The third-order valence-corrected chi connectivity index (χ3v) is 5.94. The second kappa shape index (κ2) is 6.69. The van der Waals surface area contributed by atoms with Crippen LogP contribution in [0.2, 0.25) is 10.0 Å². The summed E-state index contributed by atoms with van der Waals surface area (Å²) in [6.07, 6.45) is -0.409. The molecule has 6 nitrogen and oxygen atoms in total. The molecule has 0 aromatic heterocycles. The Labute approximate surface area is 149 Å². The first-order valence-corrected chi connectivity index (χ1v) is 8.60. The lowest BCUT2D eigenvalue weighted by atomic mass is 9.58. The number of aliphatic hydroxyl groups is 2. The van der Waals surface area contributed by atoms with Crippen LogP contribution in [0.1, 0.15) is 18.0 Å². The van der Waals surface area contributed by atoms with Crippen molar-refractivity contribution in [3.8, 4) is 5.75 Å². The van der Waals surface area contributed by atoms with Gasteiger partial charge in [0, 0.05) is 30.8 Å². The highest BCUT2D eigenvalue weighted by atomic mass is 35.5. The summed E-state index contributed by atoms with van der Waals surface area (Å²) in [4.78, 5) is 13.6. The van der Waals surface area contributed by atoms with Crippen LogP contribution in [-0.4, -0.2) is 51.9 Å². The number of benzene rings is 1. The maximum atomic E-state index is 12.0. The molecular formula is C16H20Cl2N2O4. The van der Waals surface area contributed by atoms with Crippen molar-refractivity contribution >= 4 is 29.1 Å². The minimum absolute atomic E-state index is 0.0190. The van der Waals surface area contributed by atoms with E-state index in [9.17, 15) is 15.0 Å². The highest BCUT2D eigenvalue weighted by molar-refractivity contribution is 6.42. The van der Waals surface area contributed by atoms with E-state index in [1.54, 1.807) is 11.0 Å². The van der Waals surface area contributed by atoms with Gasteiger partial charge in [-0.25, -0.2) is 0 Å². The van der Waals surface area contributed by atoms with Crippen molar-refractivity contribution < 1.29 is 20.1 Å². The Morgan fingerprint density at radius 2 is 1.88 bits per heavy atom. The zero-order valence-corrected chi connectivity index (χ0v) is 14.4. The fourth-order valence-corrected chi connectivity index (χ4v) is 4.34. The van der Waals surface area contributed by atoms with Gasteiger partial charge in [0.15, 0.2) is 6.10 Å². The second-order valence-corrected chi connectivity index (χ2v) is 7.44. The number of piperidine rings is 2. The fourth-order valence-electron chi connectivity index (χ4n) is 4.01. The molecule has 8 heteroatoms. The van der Waals surface area contributed by atoms with Crippen LogP contribution in [0.3, 0.4) is 0 Å². The number of carbonyl (C=O) groups is 1. The van der Waals surface area contributed by atoms with Crippen molar-refractivity contribution in [2.45, 2.75) is 18.6 Å². The SMILES string of the molecule is NC(c1cc(Cl)c(Cl)cc1O)C1C2CC1CN(C(=O)C(O)CO)C2. The third-order valence-electron chi connectivity index (χ3n) is 5.22. The third kappa shape index (κ3) is 2.97. The van der Waals surface area contributed by atoms with E-state index in [4.69, 9.17) is 34.0 Å². The van der Waals surface area contributed by atoms with Crippen LogP contribution in [0.25, 0.3) is 0 Å². The maximum absolute atomic E-state index is 12.0. The average Bonchev–Trinajstić information content (AvgIpc) is 2.56. The van der Waals surface area contributed by atoms with Crippen LogP contribution >= 0.6 is 23.2 Å². The summed E-state index contributed by atoms with van der Waals surface area (Å²) in [5.41, 5.74) is 6.92. The largest absolute Gasteiger partial charge is 0.508 e. The van der Waals surface area contributed by atoms with Gasteiger partial charge in [0.05, 0.1) is 16.7 Å². The van der Waals surface area contributed by atoms with Gasteiger partial charge in [-0.1, -0.05) is 23.2 Å². The molecular weight excluding hydrogens is 355 g/mol. The first-order chi connectivity index (χ1) is 11.3. The summed E-state index contributed by atoms with van der Waals surface area (Å²) in [7, 11) is 0. The van der Waals surface area contributed by atoms with Crippen LogP contribution in [0.5, 0.6) is 5.75 Å². The molecule has 1 saturated carbocycles. The molecule has 1 aromatic carbocycles. The summed E-state index contributed by atoms with van der Waals surface area (Å²) in [5, 5.41) is 29.1. The normalized spacial score (nSPS) is 28.2. The Kier molecular flexibility index (Phi) is 4.95. The van der Waals surface area contributed by atoms with Gasteiger partial charge in [-0.05, 0) is 30.2 Å². The predicted octanol–water partition coefficient (Wildman–Crippen LogP) is 1.15. The quantitative estimate of drug-likeness (QED) is 0.632. The average molecular weight is 375 g/mol. The number of phenolic OH excluding ortho intramolecular Hbond substituents is 1. The van der Waals surface area contributed by atoms with Crippen molar-refractivity contribution in [2.24, 2.45) is 23.5 Å². The molecule has 0 radical (unpaired) electrons. The minimum Gasteiger partial charge on any atom is -0.508 e. The number of carbonyl (C=O) groups excluding carboxylic acids is 1. The smallest absolute Gasteiger partial charge is 0.253 e. The Morgan fingerprint density at radius 3 is 2.46 bits per heavy atom. The van der Waals surface area contributed by atoms with Crippen molar-refractivity contribution in [1.29, 1.82) is 0 Å². The van der Waals surface area contributed by atoms with Crippen molar-refractivity contribution in [3.05, 3.63) is 27.7 Å². The molecule has 1 aromatic rings. The Hall–Kier alpha value is -1.05. The molecule has 0 spiro atoms. The first kappa shape index (κ1) is 17.8. The van der Waals surface area contributed by atoms with E-state index >= 15 is 0 Å². The molecule has 1 heterocycles. The number of hydrogen-bond donors (Lipinski definition) is 4. The van der Waals surface area contributed by atoms with Gasteiger partial charge in [0.25, 0.3) is 5.91 Å². The molecule has 1 amide bonds. The zero-order valence-electron chi connectivity index (χ0n) is 12.9. The number of likely N-dealkylation sites (tertiary alicyclic amines) is 1. The minimum atomic E-state index is -1.37.